The van der Waals surface area contributed by atoms with Crippen molar-refractivity contribution in [2.24, 2.45) is 0 Å². The number of hydrogen-bond acceptors (Lipinski definition) is 4. The maximum absolute atomic E-state index is 12.8. The molecule has 1 aromatic carbocycles. The van der Waals surface area contributed by atoms with Crippen LogP contribution in [0, 0.1) is 0 Å². The zero-order valence-corrected chi connectivity index (χ0v) is 14.4. The number of nitrogens with one attached hydrogen (secondary N) is 1. The third-order valence-electron chi connectivity index (χ3n) is 4.30. The topological polar surface area (TPSA) is 76.5 Å². The molecule has 25 heavy (non-hydrogen) atoms. The van der Waals surface area contributed by atoms with Crippen molar-refractivity contribution in [2.75, 3.05) is 13.6 Å². The highest BCUT2D eigenvalue weighted by molar-refractivity contribution is 5.96. The van der Waals surface area contributed by atoms with Crippen LogP contribution >= 0.6 is 0 Å². The van der Waals surface area contributed by atoms with Crippen LogP contribution in [-0.2, 0) is 11.3 Å². The standard InChI is InChI=1S/C18H22N4O3/c1-3-21-10-9-15(20-21)18(24)22-12-14(11-16(22)17(23)19-2)25-13-7-5-4-6-8-13/h4-10,14,16H,3,11-12H2,1-2H3,(H,19,23)/t14-,16-/m0/s1. The highest BCUT2D eigenvalue weighted by Crippen LogP contribution is 2.24. The summed E-state index contributed by atoms with van der Waals surface area (Å²) in [6.07, 6.45) is 1.98. The van der Waals surface area contributed by atoms with Crippen molar-refractivity contribution in [3.63, 3.8) is 0 Å². The Bertz CT molecular complexity index is 744. The Morgan fingerprint density at radius 1 is 1.28 bits per heavy atom. The fourth-order valence-corrected chi connectivity index (χ4v) is 3.01. The number of ether oxygens (including phenoxy) is 1. The summed E-state index contributed by atoms with van der Waals surface area (Å²) >= 11 is 0. The van der Waals surface area contributed by atoms with E-state index in [2.05, 4.69) is 10.4 Å². The Morgan fingerprint density at radius 3 is 2.68 bits per heavy atom. The van der Waals surface area contributed by atoms with Crippen molar-refractivity contribution in [2.45, 2.75) is 32.0 Å². The number of rotatable bonds is 5. The van der Waals surface area contributed by atoms with E-state index in [-0.39, 0.29) is 17.9 Å². The number of nitrogens with zero attached hydrogens (tertiary/aromatic N) is 3. The Kier molecular flexibility index (Phi) is 5.02. The van der Waals surface area contributed by atoms with Crippen molar-refractivity contribution < 1.29 is 14.3 Å². The van der Waals surface area contributed by atoms with Crippen LogP contribution < -0.4 is 10.1 Å². The van der Waals surface area contributed by atoms with Gasteiger partial charge in [-0.3, -0.25) is 14.3 Å². The highest BCUT2D eigenvalue weighted by Gasteiger charge is 2.41. The number of carbonyl (C=O) groups is 2. The van der Waals surface area contributed by atoms with Crippen molar-refractivity contribution >= 4 is 11.8 Å². The summed E-state index contributed by atoms with van der Waals surface area (Å²) in [5, 5.41) is 6.88. The molecule has 2 aromatic rings. The summed E-state index contributed by atoms with van der Waals surface area (Å²) in [6, 6.07) is 10.5. The molecule has 0 aliphatic carbocycles. The van der Waals surface area contributed by atoms with Gasteiger partial charge in [-0.05, 0) is 25.1 Å². The highest BCUT2D eigenvalue weighted by atomic mass is 16.5. The van der Waals surface area contributed by atoms with Crippen LogP contribution in [0.15, 0.2) is 42.6 Å². The molecule has 2 heterocycles. The van der Waals surface area contributed by atoms with Gasteiger partial charge in [0.25, 0.3) is 5.91 Å². The maximum atomic E-state index is 12.8. The predicted octanol–water partition coefficient (Wildman–Crippen LogP) is 1.31. The second kappa shape index (κ2) is 7.38. The first-order valence-corrected chi connectivity index (χ1v) is 8.40. The van der Waals surface area contributed by atoms with Gasteiger partial charge in [0.15, 0.2) is 0 Å². The summed E-state index contributed by atoms with van der Waals surface area (Å²) in [4.78, 5) is 26.6. The van der Waals surface area contributed by atoms with E-state index in [0.717, 1.165) is 5.75 Å². The lowest BCUT2D eigenvalue weighted by atomic mass is 10.2. The Balaban J connectivity index is 1.77. The van der Waals surface area contributed by atoms with E-state index in [0.29, 0.717) is 25.2 Å². The van der Waals surface area contributed by atoms with E-state index in [1.54, 1.807) is 28.9 Å². The summed E-state index contributed by atoms with van der Waals surface area (Å²) < 4.78 is 7.63. The minimum absolute atomic E-state index is 0.192. The minimum atomic E-state index is -0.557. The average Bonchev–Trinajstić information content (AvgIpc) is 3.28. The Hall–Kier alpha value is -2.83. The van der Waals surface area contributed by atoms with Crippen molar-refractivity contribution in [1.82, 2.24) is 20.0 Å². The lowest BCUT2D eigenvalue weighted by molar-refractivity contribution is -0.124. The second-order valence-corrected chi connectivity index (χ2v) is 5.93. The van der Waals surface area contributed by atoms with E-state index in [4.69, 9.17) is 4.74 Å². The SMILES string of the molecule is CCn1ccc(C(=O)N2C[C@@H](Oc3ccccc3)C[C@H]2C(=O)NC)n1. The number of hydrogen-bond donors (Lipinski definition) is 1. The first kappa shape index (κ1) is 17.0. The van der Waals surface area contributed by atoms with Gasteiger partial charge in [0, 0.05) is 26.2 Å². The van der Waals surface area contributed by atoms with Crippen LogP contribution in [-0.4, -0.2) is 52.2 Å². The zero-order chi connectivity index (χ0) is 17.8. The molecule has 1 aromatic heterocycles. The van der Waals surface area contributed by atoms with E-state index >= 15 is 0 Å². The minimum Gasteiger partial charge on any atom is -0.488 e. The molecule has 1 aliphatic rings. The van der Waals surface area contributed by atoms with Gasteiger partial charge in [0.1, 0.15) is 23.6 Å². The molecule has 132 valence electrons. The lowest BCUT2D eigenvalue weighted by Gasteiger charge is -2.21. The van der Waals surface area contributed by atoms with Gasteiger partial charge in [0.05, 0.1) is 6.54 Å². The normalized spacial score (nSPS) is 19.7. The molecule has 7 heteroatoms. The van der Waals surface area contributed by atoms with E-state index in [1.807, 2.05) is 37.3 Å². The number of aryl methyl sites for hydroxylation is 1. The molecule has 0 spiro atoms. The number of aromatic nitrogens is 2. The van der Waals surface area contributed by atoms with Crippen LogP contribution in [0.4, 0.5) is 0 Å². The monoisotopic (exact) mass is 342 g/mol. The van der Waals surface area contributed by atoms with Gasteiger partial charge in [-0.2, -0.15) is 5.10 Å². The molecule has 1 aliphatic heterocycles. The molecular weight excluding hydrogens is 320 g/mol. The third-order valence-corrected chi connectivity index (χ3v) is 4.30. The van der Waals surface area contributed by atoms with E-state index < -0.39 is 6.04 Å². The fraction of sp³-hybridized carbons (Fsp3) is 0.389. The average molecular weight is 342 g/mol. The largest absolute Gasteiger partial charge is 0.488 e. The van der Waals surface area contributed by atoms with Crippen LogP contribution in [0.3, 0.4) is 0 Å². The van der Waals surface area contributed by atoms with Gasteiger partial charge < -0.3 is 15.0 Å². The first-order valence-electron chi connectivity index (χ1n) is 8.40. The summed E-state index contributed by atoms with van der Waals surface area (Å²) in [6.45, 7) is 2.99. The van der Waals surface area contributed by atoms with Crippen molar-refractivity contribution in [3.8, 4) is 5.75 Å². The molecule has 0 radical (unpaired) electrons. The number of amides is 2. The number of likely N-dealkylation sites (tertiary alicyclic amines) is 1. The summed E-state index contributed by atoms with van der Waals surface area (Å²) in [5.41, 5.74) is 0.344. The first-order chi connectivity index (χ1) is 12.1. The third kappa shape index (κ3) is 3.65. The molecule has 2 atom stereocenters. The Morgan fingerprint density at radius 2 is 2.04 bits per heavy atom. The molecule has 1 fully saturated rings. The lowest BCUT2D eigenvalue weighted by Crippen LogP contribution is -2.45. The van der Waals surface area contributed by atoms with Crippen molar-refractivity contribution in [3.05, 3.63) is 48.3 Å². The van der Waals surface area contributed by atoms with Crippen LogP contribution in [0.5, 0.6) is 5.75 Å². The predicted molar refractivity (Wildman–Crippen MR) is 92.3 cm³/mol. The molecule has 0 unspecified atom stereocenters. The molecular formula is C18H22N4O3. The molecule has 3 rings (SSSR count). The number of carbonyl (C=O) groups excluding carboxylic acids is 2. The Labute approximate surface area is 146 Å². The van der Waals surface area contributed by atoms with Crippen LogP contribution in [0.25, 0.3) is 0 Å². The fourth-order valence-electron chi connectivity index (χ4n) is 3.01. The van der Waals surface area contributed by atoms with Gasteiger partial charge >= 0.3 is 0 Å². The molecule has 0 saturated carbocycles. The van der Waals surface area contributed by atoms with Crippen LogP contribution in [0.2, 0.25) is 0 Å². The van der Waals surface area contributed by atoms with Gasteiger partial charge in [-0.25, -0.2) is 0 Å². The quantitative estimate of drug-likeness (QED) is 0.889. The molecule has 2 amide bonds. The molecule has 0 bridgehead atoms. The molecule has 7 nitrogen and oxygen atoms in total. The summed E-state index contributed by atoms with van der Waals surface area (Å²) in [7, 11) is 1.57. The van der Waals surface area contributed by atoms with Gasteiger partial charge in [0.2, 0.25) is 5.91 Å². The van der Waals surface area contributed by atoms with E-state index in [1.165, 1.54) is 0 Å². The van der Waals surface area contributed by atoms with Gasteiger partial charge in [-0.15, -0.1) is 0 Å². The maximum Gasteiger partial charge on any atom is 0.275 e. The number of likely N-dealkylation sites (N-methyl/N-ethyl adjacent to an activating group) is 1. The second-order valence-electron chi connectivity index (χ2n) is 5.93. The number of benzene rings is 1. The van der Waals surface area contributed by atoms with Crippen molar-refractivity contribution in [1.29, 1.82) is 0 Å². The van der Waals surface area contributed by atoms with Gasteiger partial charge in [-0.1, -0.05) is 18.2 Å². The molecule has 1 N–H and O–H groups in total. The smallest absolute Gasteiger partial charge is 0.275 e. The summed E-state index contributed by atoms with van der Waals surface area (Å²) in [5.74, 6) is 0.287. The molecule has 1 saturated heterocycles. The number of para-hydroxylation sites is 1. The van der Waals surface area contributed by atoms with Crippen LogP contribution in [0.1, 0.15) is 23.8 Å². The zero-order valence-electron chi connectivity index (χ0n) is 14.4. The van der Waals surface area contributed by atoms with E-state index in [9.17, 15) is 9.59 Å².